The minimum Gasteiger partial charge on any atom is -0.496 e. The highest BCUT2D eigenvalue weighted by Crippen LogP contribution is 2.38. The number of carbonyl (C=O) groups is 1. The Kier molecular flexibility index (Phi) is 5.64. The van der Waals surface area contributed by atoms with Crippen LogP contribution in [0.4, 0.5) is 0 Å². The van der Waals surface area contributed by atoms with Crippen molar-refractivity contribution in [1.29, 1.82) is 0 Å². The first-order valence-corrected chi connectivity index (χ1v) is 11.1. The van der Waals surface area contributed by atoms with Crippen LogP contribution in [-0.4, -0.2) is 34.3 Å². The number of methoxy groups -OCH3 is 1. The van der Waals surface area contributed by atoms with Crippen LogP contribution in [0.5, 0.6) is 11.5 Å². The maximum absolute atomic E-state index is 11.3. The van der Waals surface area contributed by atoms with Crippen LogP contribution in [0, 0.1) is 12.8 Å². The average molecular weight is 427 g/mol. The number of aryl methyl sites for hydroxylation is 1. The fourth-order valence-corrected chi connectivity index (χ4v) is 4.87. The van der Waals surface area contributed by atoms with Crippen LogP contribution in [0.15, 0.2) is 23.6 Å². The van der Waals surface area contributed by atoms with Gasteiger partial charge in [0.2, 0.25) is 0 Å². The monoisotopic (exact) mass is 426 g/mol. The lowest BCUT2D eigenvalue weighted by Crippen LogP contribution is -2.16. The molecule has 0 radical (unpaired) electrons. The minimum absolute atomic E-state index is 0.116. The number of aliphatic carboxylic acids is 1. The third-order valence-corrected chi connectivity index (χ3v) is 6.61. The molecule has 3 aromatic rings. The number of hydrogen-bond acceptors (Lipinski definition) is 6. The van der Waals surface area contributed by atoms with E-state index in [4.69, 9.17) is 19.4 Å². The maximum Gasteiger partial charge on any atom is 0.306 e. The van der Waals surface area contributed by atoms with E-state index in [1.807, 2.05) is 25.1 Å². The Morgan fingerprint density at radius 3 is 2.67 bits per heavy atom. The van der Waals surface area contributed by atoms with Crippen molar-refractivity contribution in [2.45, 2.75) is 52.1 Å². The van der Waals surface area contributed by atoms with Gasteiger partial charge in [0.25, 0.3) is 0 Å². The molecule has 0 saturated heterocycles. The lowest BCUT2D eigenvalue weighted by molar-refractivity contribution is -0.141. The minimum atomic E-state index is -0.744. The molecule has 1 N–H and O–H groups in total. The van der Waals surface area contributed by atoms with Crippen molar-refractivity contribution in [3.8, 4) is 22.2 Å². The number of fused-ring (bicyclic) bond motifs is 1. The number of benzene rings is 1. The molecule has 1 aromatic carbocycles. The predicted molar refractivity (Wildman–Crippen MR) is 118 cm³/mol. The molecular weight excluding hydrogens is 400 g/mol. The molecule has 158 valence electrons. The second kappa shape index (κ2) is 8.22. The highest BCUT2D eigenvalue weighted by atomic mass is 32.1. The molecule has 2 aromatic heterocycles. The summed E-state index contributed by atoms with van der Waals surface area (Å²) in [4.78, 5) is 21.0. The SMILES string of the molecule is COc1ccc2c(OC3CCC(C(=O)O)C3)cc(-c3nc(C(C)C)cs3)nc2c1C. The van der Waals surface area contributed by atoms with Gasteiger partial charge in [-0.05, 0) is 44.2 Å². The summed E-state index contributed by atoms with van der Waals surface area (Å²) >= 11 is 1.57. The molecule has 1 aliphatic rings. The maximum atomic E-state index is 11.3. The lowest BCUT2D eigenvalue weighted by atomic mass is 10.1. The van der Waals surface area contributed by atoms with Crippen LogP contribution in [0.25, 0.3) is 21.6 Å². The van der Waals surface area contributed by atoms with Crippen molar-refractivity contribution in [2.75, 3.05) is 7.11 Å². The van der Waals surface area contributed by atoms with Crippen LogP contribution in [0.3, 0.4) is 0 Å². The normalized spacial score (nSPS) is 18.8. The largest absolute Gasteiger partial charge is 0.496 e. The molecule has 6 nitrogen and oxygen atoms in total. The Labute approximate surface area is 179 Å². The number of rotatable bonds is 6. The standard InChI is InChI=1S/C23H26N2O4S/c1-12(2)18-11-30-22(25-18)17-10-20(29-15-6-5-14(9-15)23(26)27)16-7-8-19(28-4)13(3)21(16)24-17/h7-8,10-12,14-15H,5-6,9H2,1-4H3,(H,26,27). The highest BCUT2D eigenvalue weighted by Gasteiger charge is 2.31. The zero-order chi connectivity index (χ0) is 21.4. The third kappa shape index (κ3) is 3.86. The number of carboxylic acids is 1. The Balaban J connectivity index is 1.79. The van der Waals surface area contributed by atoms with Gasteiger partial charge in [0.1, 0.15) is 22.2 Å². The zero-order valence-corrected chi connectivity index (χ0v) is 18.5. The topological polar surface area (TPSA) is 81.5 Å². The van der Waals surface area contributed by atoms with Crippen LogP contribution < -0.4 is 9.47 Å². The van der Waals surface area contributed by atoms with E-state index < -0.39 is 5.97 Å². The molecule has 0 bridgehead atoms. The van der Waals surface area contributed by atoms with E-state index in [1.54, 1.807) is 18.4 Å². The lowest BCUT2D eigenvalue weighted by Gasteiger charge is -2.17. The number of hydrogen-bond donors (Lipinski definition) is 1. The second-order valence-electron chi connectivity index (χ2n) is 8.11. The zero-order valence-electron chi connectivity index (χ0n) is 17.6. The number of ether oxygens (including phenoxy) is 2. The summed E-state index contributed by atoms with van der Waals surface area (Å²) in [6.07, 6.45) is 1.79. The first kappa shape index (κ1) is 20.6. The van der Waals surface area contributed by atoms with Gasteiger partial charge >= 0.3 is 5.97 Å². The molecule has 7 heteroatoms. The molecule has 30 heavy (non-hydrogen) atoms. The highest BCUT2D eigenvalue weighted by molar-refractivity contribution is 7.13. The summed E-state index contributed by atoms with van der Waals surface area (Å²) in [7, 11) is 1.65. The molecule has 2 atom stereocenters. The molecule has 0 amide bonds. The number of thiazole rings is 1. The molecule has 4 rings (SSSR count). The van der Waals surface area contributed by atoms with Crippen LogP contribution in [0.2, 0.25) is 0 Å². The van der Waals surface area contributed by atoms with Gasteiger partial charge < -0.3 is 14.6 Å². The van der Waals surface area contributed by atoms with Gasteiger partial charge in [0.05, 0.1) is 30.3 Å². The van der Waals surface area contributed by atoms with Crippen LogP contribution >= 0.6 is 11.3 Å². The van der Waals surface area contributed by atoms with E-state index in [0.717, 1.165) is 50.8 Å². The van der Waals surface area contributed by atoms with Gasteiger partial charge in [-0.2, -0.15) is 0 Å². The summed E-state index contributed by atoms with van der Waals surface area (Å²) in [5, 5.41) is 13.1. The summed E-state index contributed by atoms with van der Waals surface area (Å²) < 4.78 is 11.8. The number of carboxylic acid groups (broad SMARTS) is 1. The summed E-state index contributed by atoms with van der Waals surface area (Å²) in [6.45, 7) is 6.23. The summed E-state index contributed by atoms with van der Waals surface area (Å²) in [6, 6.07) is 5.81. The van der Waals surface area contributed by atoms with Crippen molar-refractivity contribution in [3.63, 3.8) is 0 Å². The third-order valence-electron chi connectivity index (χ3n) is 5.73. The first-order chi connectivity index (χ1) is 14.4. The Morgan fingerprint density at radius 1 is 1.23 bits per heavy atom. The van der Waals surface area contributed by atoms with E-state index in [1.165, 1.54) is 0 Å². The molecular formula is C23H26N2O4S. The van der Waals surface area contributed by atoms with Gasteiger partial charge in [-0.15, -0.1) is 11.3 Å². The number of pyridine rings is 1. The predicted octanol–water partition coefficient (Wildman–Crippen LogP) is 5.43. The van der Waals surface area contributed by atoms with Crippen molar-refractivity contribution in [3.05, 3.63) is 34.8 Å². The number of nitrogens with zero attached hydrogens (tertiary/aromatic N) is 2. The van der Waals surface area contributed by atoms with Gasteiger partial charge in [-0.3, -0.25) is 4.79 Å². The molecule has 1 fully saturated rings. The first-order valence-electron chi connectivity index (χ1n) is 10.2. The summed E-state index contributed by atoms with van der Waals surface area (Å²) in [5.74, 6) is 0.757. The molecule has 1 saturated carbocycles. The van der Waals surface area contributed by atoms with Gasteiger partial charge in [0.15, 0.2) is 0 Å². The Bertz CT molecular complexity index is 1090. The molecule has 0 spiro atoms. The molecule has 0 aliphatic heterocycles. The van der Waals surface area contributed by atoms with Crippen LogP contribution in [0.1, 0.15) is 50.3 Å². The Hall–Kier alpha value is -2.67. The Morgan fingerprint density at radius 2 is 2.03 bits per heavy atom. The van der Waals surface area contributed by atoms with E-state index in [9.17, 15) is 9.90 Å². The van der Waals surface area contributed by atoms with Crippen molar-refractivity contribution in [1.82, 2.24) is 9.97 Å². The second-order valence-corrected chi connectivity index (χ2v) is 8.97. The molecule has 1 aliphatic carbocycles. The van der Waals surface area contributed by atoms with E-state index in [-0.39, 0.29) is 12.0 Å². The molecule has 2 heterocycles. The van der Waals surface area contributed by atoms with Gasteiger partial charge in [-0.25, -0.2) is 9.97 Å². The van der Waals surface area contributed by atoms with Gasteiger partial charge in [-0.1, -0.05) is 13.8 Å². The smallest absolute Gasteiger partial charge is 0.306 e. The van der Waals surface area contributed by atoms with Gasteiger partial charge in [0, 0.05) is 22.4 Å². The van der Waals surface area contributed by atoms with E-state index >= 15 is 0 Å². The average Bonchev–Trinajstić information content (AvgIpc) is 3.38. The van der Waals surface area contributed by atoms with Crippen molar-refractivity contribution >= 4 is 28.2 Å². The fraction of sp³-hybridized carbons (Fsp3) is 0.435. The number of aromatic nitrogens is 2. The van der Waals surface area contributed by atoms with Crippen molar-refractivity contribution < 1.29 is 19.4 Å². The van der Waals surface area contributed by atoms with E-state index in [2.05, 4.69) is 19.2 Å². The van der Waals surface area contributed by atoms with Crippen LogP contribution in [-0.2, 0) is 4.79 Å². The molecule has 2 unspecified atom stereocenters. The quantitative estimate of drug-likeness (QED) is 0.566. The summed E-state index contributed by atoms with van der Waals surface area (Å²) in [5.41, 5.74) is 3.56. The van der Waals surface area contributed by atoms with E-state index in [0.29, 0.717) is 18.8 Å². The van der Waals surface area contributed by atoms with Crippen molar-refractivity contribution in [2.24, 2.45) is 5.92 Å². The fourth-order valence-electron chi connectivity index (χ4n) is 3.93.